The number of nitrogens with zero attached hydrogens (tertiary/aromatic N) is 2. The van der Waals surface area contributed by atoms with E-state index in [4.69, 9.17) is 0 Å². The number of benzene rings is 1. The van der Waals surface area contributed by atoms with E-state index < -0.39 is 0 Å². The van der Waals surface area contributed by atoms with Crippen LogP contribution in [0.2, 0.25) is 0 Å². The molecule has 3 heteroatoms. The fourth-order valence-electron chi connectivity index (χ4n) is 2.49. The second kappa shape index (κ2) is 6.02. The summed E-state index contributed by atoms with van der Waals surface area (Å²) in [5.74, 6) is 0. The van der Waals surface area contributed by atoms with Crippen LogP contribution in [0.25, 0.3) is 0 Å². The predicted octanol–water partition coefficient (Wildman–Crippen LogP) is 3.16. The van der Waals surface area contributed by atoms with E-state index in [1.807, 2.05) is 10.9 Å². The largest absolute Gasteiger partial charge is 0.309 e. The molecule has 1 aromatic heterocycles. The molecular weight excluding hydrogens is 234 g/mol. The topological polar surface area (TPSA) is 29.9 Å². The molecule has 0 spiro atoms. The van der Waals surface area contributed by atoms with Crippen LogP contribution < -0.4 is 5.32 Å². The maximum absolute atomic E-state index is 4.39. The van der Waals surface area contributed by atoms with Crippen LogP contribution in [0.1, 0.15) is 35.2 Å². The second-order valence-corrected chi connectivity index (χ2v) is 5.21. The van der Waals surface area contributed by atoms with Crippen molar-refractivity contribution in [2.24, 2.45) is 0 Å². The smallest absolute Gasteiger partial charge is 0.0604 e. The first-order valence-corrected chi connectivity index (χ1v) is 6.89. The second-order valence-electron chi connectivity index (χ2n) is 5.21. The number of aromatic nitrogens is 2. The Morgan fingerprint density at radius 1 is 1.21 bits per heavy atom. The van der Waals surface area contributed by atoms with Gasteiger partial charge in [0, 0.05) is 6.20 Å². The highest BCUT2D eigenvalue weighted by Gasteiger charge is 2.13. The molecule has 1 aromatic carbocycles. The van der Waals surface area contributed by atoms with Gasteiger partial charge < -0.3 is 5.32 Å². The van der Waals surface area contributed by atoms with Crippen molar-refractivity contribution < 1.29 is 0 Å². The highest BCUT2D eigenvalue weighted by Crippen LogP contribution is 2.20. The molecular formula is C16H23N3. The van der Waals surface area contributed by atoms with E-state index in [1.54, 1.807) is 0 Å². The zero-order valence-electron chi connectivity index (χ0n) is 12.3. The van der Waals surface area contributed by atoms with Crippen LogP contribution in [0.15, 0.2) is 30.6 Å². The summed E-state index contributed by atoms with van der Waals surface area (Å²) >= 11 is 0. The SMILES string of the molecule is CCNC(Cn1cc(C)cn1)c1ccc(C)cc1C. The fraction of sp³-hybridized carbons (Fsp3) is 0.438. The Morgan fingerprint density at radius 2 is 2.00 bits per heavy atom. The first-order valence-electron chi connectivity index (χ1n) is 6.89. The number of rotatable bonds is 5. The highest BCUT2D eigenvalue weighted by atomic mass is 15.3. The van der Waals surface area contributed by atoms with E-state index in [0.29, 0.717) is 6.04 Å². The molecule has 2 aromatic rings. The average Bonchev–Trinajstić information content (AvgIpc) is 2.74. The van der Waals surface area contributed by atoms with Gasteiger partial charge in [-0.15, -0.1) is 0 Å². The van der Waals surface area contributed by atoms with Crippen molar-refractivity contribution in [3.05, 3.63) is 52.8 Å². The lowest BCUT2D eigenvalue weighted by molar-refractivity contribution is 0.446. The third-order valence-corrected chi connectivity index (χ3v) is 3.38. The number of nitrogens with one attached hydrogen (secondary N) is 1. The summed E-state index contributed by atoms with van der Waals surface area (Å²) in [7, 11) is 0. The number of aryl methyl sites for hydroxylation is 3. The minimum absolute atomic E-state index is 0.310. The van der Waals surface area contributed by atoms with Crippen molar-refractivity contribution in [2.45, 2.75) is 40.3 Å². The molecule has 0 fully saturated rings. The van der Waals surface area contributed by atoms with Crippen LogP contribution in [0, 0.1) is 20.8 Å². The molecule has 0 amide bonds. The molecule has 1 unspecified atom stereocenters. The quantitative estimate of drug-likeness (QED) is 0.891. The molecule has 0 aliphatic rings. The van der Waals surface area contributed by atoms with E-state index in [-0.39, 0.29) is 0 Å². The van der Waals surface area contributed by atoms with Gasteiger partial charge in [0.15, 0.2) is 0 Å². The molecule has 0 radical (unpaired) electrons. The number of likely N-dealkylation sites (N-methyl/N-ethyl adjacent to an activating group) is 1. The van der Waals surface area contributed by atoms with Crippen molar-refractivity contribution in [1.82, 2.24) is 15.1 Å². The van der Waals surface area contributed by atoms with E-state index in [2.05, 4.69) is 62.5 Å². The summed E-state index contributed by atoms with van der Waals surface area (Å²) in [5.41, 5.74) is 5.22. The van der Waals surface area contributed by atoms with Gasteiger partial charge in [-0.2, -0.15) is 5.10 Å². The highest BCUT2D eigenvalue weighted by molar-refractivity contribution is 5.32. The van der Waals surface area contributed by atoms with E-state index in [9.17, 15) is 0 Å². The standard InChI is InChI=1S/C16H23N3/c1-5-17-16(11-19-10-13(3)9-18-19)15-7-6-12(2)8-14(15)4/h6-10,16-17H,5,11H2,1-4H3. The van der Waals surface area contributed by atoms with Gasteiger partial charge in [0.2, 0.25) is 0 Å². The predicted molar refractivity (Wildman–Crippen MR) is 79.3 cm³/mol. The van der Waals surface area contributed by atoms with Crippen LogP contribution >= 0.6 is 0 Å². The summed E-state index contributed by atoms with van der Waals surface area (Å²) in [6.45, 7) is 10.4. The lowest BCUT2D eigenvalue weighted by Crippen LogP contribution is -2.26. The van der Waals surface area contributed by atoms with Gasteiger partial charge in [-0.25, -0.2) is 0 Å². The van der Waals surface area contributed by atoms with Gasteiger partial charge in [0.05, 0.1) is 18.8 Å². The van der Waals surface area contributed by atoms with Crippen LogP contribution in [0.5, 0.6) is 0 Å². The molecule has 0 saturated carbocycles. The minimum Gasteiger partial charge on any atom is -0.309 e. The van der Waals surface area contributed by atoms with Crippen LogP contribution in [0.4, 0.5) is 0 Å². The Morgan fingerprint density at radius 3 is 2.58 bits per heavy atom. The zero-order valence-corrected chi connectivity index (χ0v) is 12.3. The van der Waals surface area contributed by atoms with Crippen LogP contribution in [0.3, 0.4) is 0 Å². The molecule has 0 saturated heterocycles. The van der Waals surface area contributed by atoms with Crippen LogP contribution in [-0.4, -0.2) is 16.3 Å². The van der Waals surface area contributed by atoms with Gasteiger partial charge in [0.25, 0.3) is 0 Å². The maximum atomic E-state index is 4.39. The van der Waals surface area contributed by atoms with Gasteiger partial charge >= 0.3 is 0 Å². The minimum atomic E-state index is 0.310. The third kappa shape index (κ3) is 3.44. The maximum Gasteiger partial charge on any atom is 0.0604 e. The summed E-state index contributed by atoms with van der Waals surface area (Å²) in [4.78, 5) is 0. The lowest BCUT2D eigenvalue weighted by atomic mass is 9.99. The summed E-state index contributed by atoms with van der Waals surface area (Å²) in [6, 6.07) is 6.97. The summed E-state index contributed by atoms with van der Waals surface area (Å²) in [6.07, 6.45) is 4.00. The Balaban J connectivity index is 2.23. The molecule has 1 heterocycles. The molecule has 102 valence electrons. The van der Waals surface area contributed by atoms with Crippen molar-refractivity contribution in [3.8, 4) is 0 Å². The Bertz CT molecular complexity index is 543. The molecule has 3 nitrogen and oxygen atoms in total. The lowest BCUT2D eigenvalue weighted by Gasteiger charge is -2.20. The van der Waals surface area contributed by atoms with Crippen molar-refractivity contribution in [3.63, 3.8) is 0 Å². The molecule has 1 atom stereocenters. The average molecular weight is 257 g/mol. The van der Waals surface area contributed by atoms with Crippen molar-refractivity contribution in [1.29, 1.82) is 0 Å². The Labute approximate surface area is 115 Å². The third-order valence-electron chi connectivity index (χ3n) is 3.38. The monoisotopic (exact) mass is 257 g/mol. The fourth-order valence-corrected chi connectivity index (χ4v) is 2.49. The molecule has 1 N–H and O–H groups in total. The van der Waals surface area contributed by atoms with Crippen molar-refractivity contribution >= 4 is 0 Å². The van der Waals surface area contributed by atoms with Gasteiger partial charge in [-0.05, 0) is 44.0 Å². The van der Waals surface area contributed by atoms with Crippen LogP contribution in [-0.2, 0) is 6.54 Å². The first kappa shape index (κ1) is 13.8. The van der Waals surface area contributed by atoms with Crippen molar-refractivity contribution in [2.75, 3.05) is 6.54 Å². The van der Waals surface area contributed by atoms with E-state index in [0.717, 1.165) is 13.1 Å². The molecule has 2 rings (SSSR count). The normalized spacial score (nSPS) is 12.6. The number of hydrogen-bond donors (Lipinski definition) is 1. The summed E-state index contributed by atoms with van der Waals surface area (Å²) < 4.78 is 2.02. The summed E-state index contributed by atoms with van der Waals surface area (Å²) in [5, 5.41) is 7.94. The molecule has 0 aliphatic heterocycles. The first-order chi connectivity index (χ1) is 9.10. The molecule has 0 aliphatic carbocycles. The Hall–Kier alpha value is -1.61. The van der Waals surface area contributed by atoms with Gasteiger partial charge in [-0.3, -0.25) is 4.68 Å². The molecule has 0 bridgehead atoms. The van der Waals surface area contributed by atoms with Gasteiger partial charge in [0.1, 0.15) is 0 Å². The zero-order chi connectivity index (χ0) is 13.8. The Kier molecular flexibility index (Phi) is 4.38. The number of hydrogen-bond acceptors (Lipinski definition) is 2. The molecule has 19 heavy (non-hydrogen) atoms. The van der Waals surface area contributed by atoms with Gasteiger partial charge in [-0.1, -0.05) is 30.7 Å². The van der Waals surface area contributed by atoms with E-state index in [1.165, 1.54) is 22.3 Å². The van der Waals surface area contributed by atoms with E-state index >= 15 is 0 Å².